The number of aromatic nitrogens is 2. The maximum atomic E-state index is 12.4. The number of carboxylic acids is 1. The molecule has 1 heterocycles. The lowest BCUT2D eigenvalue weighted by Crippen LogP contribution is -2.35. The van der Waals surface area contributed by atoms with Crippen LogP contribution in [0.3, 0.4) is 0 Å². The zero-order valence-corrected chi connectivity index (χ0v) is 14.1. The van der Waals surface area contributed by atoms with Gasteiger partial charge in [0.25, 0.3) is 11.2 Å². The van der Waals surface area contributed by atoms with Crippen LogP contribution in [0.2, 0.25) is 5.02 Å². The summed E-state index contributed by atoms with van der Waals surface area (Å²) in [6, 6.07) is 4.27. The van der Waals surface area contributed by atoms with Gasteiger partial charge in [-0.15, -0.1) is 0 Å². The zero-order chi connectivity index (χ0) is 18.7. The number of aliphatic carboxylic acids is 1. The number of hydrogen-bond donors (Lipinski definition) is 2. The minimum absolute atomic E-state index is 0.103. The third kappa shape index (κ3) is 3.94. The Hall–Kier alpha value is -2.94. The smallest absolute Gasteiger partial charge is 0.326 e. The van der Waals surface area contributed by atoms with E-state index < -0.39 is 22.5 Å². The second-order valence-electron chi connectivity index (χ2n) is 5.57. The van der Waals surface area contributed by atoms with Crippen LogP contribution in [0.15, 0.2) is 35.3 Å². The average Bonchev–Trinajstić information content (AvgIpc) is 2.55. The van der Waals surface area contributed by atoms with Gasteiger partial charge in [0, 0.05) is 12.1 Å². The standard InChI is InChI=1S/C15H15ClN4O5/c1-8(2)13(15(22)23)18-11-7-17-19(14(21)12(11)16)9-3-5-10(6-4-9)20(24)25/h3-8,13,18H,1-2H3,(H,22,23)/t13-/m1/s1. The first-order valence-corrected chi connectivity index (χ1v) is 7.62. The van der Waals surface area contributed by atoms with E-state index >= 15 is 0 Å². The van der Waals surface area contributed by atoms with Gasteiger partial charge in [-0.3, -0.25) is 14.9 Å². The third-order valence-corrected chi connectivity index (χ3v) is 3.83. The number of rotatable bonds is 6. The monoisotopic (exact) mass is 366 g/mol. The average molecular weight is 367 g/mol. The number of hydrogen-bond acceptors (Lipinski definition) is 6. The summed E-state index contributed by atoms with van der Waals surface area (Å²) in [7, 11) is 0. The Labute approximate surface area is 147 Å². The van der Waals surface area contributed by atoms with Gasteiger partial charge in [-0.2, -0.15) is 9.78 Å². The Morgan fingerprint density at radius 3 is 2.44 bits per heavy atom. The summed E-state index contributed by atoms with van der Waals surface area (Å²) in [5.74, 6) is -1.32. The SMILES string of the molecule is CC(C)[C@@H](Nc1cnn(-c2ccc([N+](=O)[O-])cc2)c(=O)c1Cl)C(=O)O. The molecular formula is C15H15ClN4O5. The number of carboxylic acid groups (broad SMARTS) is 1. The zero-order valence-electron chi connectivity index (χ0n) is 13.3. The summed E-state index contributed by atoms with van der Waals surface area (Å²) in [5, 5.41) is 26.3. The molecule has 0 aliphatic rings. The molecule has 0 radical (unpaired) electrons. The van der Waals surface area contributed by atoms with Crippen LogP contribution in [0.4, 0.5) is 11.4 Å². The number of non-ortho nitro benzene ring substituents is 1. The molecule has 1 aromatic carbocycles. The van der Waals surface area contributed by atoms with Crippen molar-refractivity contribution in [3.63, 3.8) is 0 Å². The molecule has 0 saturated carbocycles. The lowest BCUT2D eigenvalue weighted by Gasteiger charge is -2.19. The molecule has 9 nitrogen and oxygen atoms in total. The quantitative estimate of drug-likeness (QED) is 0.593. The molecular weight excluding hydrogens is 352 g/mol. The topological polar surface area (TPSA) is 127 Å². The van der Waals surface area contributed by atoms with Gasteiger partial charge in [0.2, 0.25) is 0 Å². The molecule has 0 amide bonds. The predicted molar refractivity (Wildman–Crippen MR) is 91.4 cm³/mol. The highest BCUT2D eigenvalue weighted by Gasteiger charge is 2.23. The summed E-state index contributed by atoms with van der Waals surface area (Å²) in [4.78, 5) is 33.7. The van der Waals surface area contributed by atoms with Crippen LogP contribution in [0.5, 0.6) is 0 Å². The van der Waals surface area contributed by atoms with Crippen LogP contribution in [-0.4, -0.2) is 31.8 Å². The van der Waals surface area contributed by atoms with Crippen LogP contribution in [0, 0.1) is 16.0 Å². The Kier molecular flexibility index (Phi) is 5.38. The molecule has 2 rings (SSSR count). The van der Waals surface area contributed by atoms with Gasteiger partial charge >= 0.3 is 5.97 Å². The van der Waals surface area contributed by atoms with Crippen molar-refractivity contribution in [2.75, 3.05) is 5.32 Å². The number of anilines is 1. The first-order valence-electron chi connectivity index (χ1n) is 7.24. The van der Waals surface area contributed by atoms with Crippen molar-refractivity contribution in [3.05, 3.63) is 56.0 Å². The molecule has 10 heteroatoms. The van der Waals surface area contributed by atoms with E-state index in [0.29, 0.717) is 5.69 Å². The maximum absolute atomic E-state index is 12.4. The number of nitro groups is 1. The van der Waals surface area contributed by atoms with Crippen molar-refractivity contribution >= 4 is 28.9 Å². The van der Waals surface area contributed by atoms with Crippen molar-refractivity contribution in [1.82, 2.24) is 9.78 Å². The number of nitrogens with one attached hydrogen (secondary N) is 1. The highest BCUT2D eigenvalue weighted by atomic mass is 35.5. The number of nitrogens with zero attached hydrogens (tertiary/aromatic N) is 3. The highest BCUT2D eigenvalue weighted by Crippen LogP contribution is 2.20. The molecule has 0 saturated heterocycles. The molecule has 2 N–H and O–H groups in total. The second kappa shape index (κ2) is 7.31. The summed E-state index contributed by atoms with van der Waals surface area (Å²) in [6.07, 6.45) is 1.24. The van der Waals surface area contributed by atoms with Gasteiger partial charge in [-0.25, -0.2) is 4.79 Å². The van der Waals surface area contributed by atoms with E-state index in [0.717, 1.165) is 4.68 Å². The molecule has 0 spiro atoms. The lowest BCUT2D eigenvalue weighted by molar-refractivity contribution is -0.384. The fourth-order valence-corrected chi connectivity index (χ4v) is 2.30. The Morgan fingerprint density at radius 1 is 1.36 bits per heavy atom. The molecule has 0 aliphatic heterocycles. The van der Waals surface area contributed by atoms with E-state index in [4.69, 9.17) is 11.6 Å². The van der Waals surface area contributed by atoms with Crippen molar-refractivity contribution in [3.8, 4) is 5.69 Å². The first-order chi connectivity index (χ1) is 11.7. The van der Waals surface area contributed by atoms with E-state index in [1.807, 2.05) is 0 Å². The third-order valence-electron chi connectivity index (χ3n) is 3.47. The van der Waals surface area contributed by atoms with Gasteiger partial charge in [0.15, 0.2) is 0 Å². The van der Waals surface area contributed by atoms with Crippen LogP contribution in [0.25, 0.3) is 5.69 Å². The molecule has 1 atom stereocenters. The predicted octanol–water partition coefficient (Wildman–Crippen LogP) is 2.32. The summed E-state index contributed by atoms with van der Waals surface area (Å²) in [5.41, 5.74) is -0.399. The minimum Gasteiger partial charge on any atom is -0.480 e. The van der Waals surface area contributed by atoms with Crippen LogP contribution in [-0.2, 0) is 4.79 Å². The van der Waals surface area contributed by atoms with Crippen molar-refractivity contribution in [2.45, 2.75) is 19.9 Å². The molecule has 2 aromatic rings. The Bertz CT molecular complexity index is 863. The molecule has 0 fully saturated rings. The highest BCUT2D eigenvalue weighted by molar-refractivity contribution is 6.33. The van der Waals surface area contributed by atoms with Gasteiger partial charge in [-0.05, 0) is 18.1 Å². The van der Waals surface area contributed by atoms with E-state index in [1.165, 1.54) is 30.5 Å². The number of halogens is 1. The van der Waals surface area contributed by atoms with E-state index in [9.17, 15) is 24.8 Å². The maximum Gasteiger partial charge on any atom is 0.326 e. The fraction of sp³-hybridized carbons (Fsp3) is 0.267. The summed E-state index contributed by atoms with van der Waals surface area (Å²) in [6.45, 7) is 3.43. The van der Waals surface area contributed by atoms with Gasteiger partial charge in [0.1, 0.15) is 11.1 Å². The van der Waals surface area contributed by atoms with Crippen molar-refractivity contribution < 1.29 is 14.8 Å². The number of carbonyl (C=O) groups is 1. The molecule has 0 unspecified atom stereocenters. The van der Waals surface area contributed by atoms with E-state index in [-0.39, 0.29) is 22.3 Å². The molecule has 132 valence electrons. The van der Waals surface area contributed by atoms with Crippen LogP contribution >= 0.6 is 11.6 Å². The van der Waals surface area contributed by atoms with Crippen LogP contribution < -0.4 is 10.9 Å². The van der Waals surface area contributed by atoms with Crippen molar-refractivity contribution in [1.29, 1.82) is 0 Å². The largest absolute Gasteiger partial charge is 0.480 e. The number of nitro benzene ring substituents is 1. The van der Waals surface area contributed by atoms with E-state index in [1.54, 1.807) is 13.8 Å². The number of benzene rings is 1. The fourth-order valence-electron chi connectivity index (χ4n) is 2.11. The van der Waals surface area contributed by atoms with E-state index in [2.05, 4.69) is 10.4 Å². The van der Waals surface area contributed by atoms with Crippen molar-refractivity contribution in [2.24, 2.45) is 5.92 Å². The first kappa shape index (κ1) is 18.4. The molecule has 0 bridgehead atoms. The van der Waals surface area contributed by atoms with Gasteiger partial charge in [0.05, 0.1) is 22.5 Å². The second-order valence-corrected chi connectivity index (χ2v) is 5.94. The van der Waals surface area contributed by atoms with Gasteiger partial charge < -0.3 is 10.4 Å². The minimum atomic E-state index is -1.08. The Balaban J connectivity index is 2.39. The molecule has 25 heavy (non-hydrogen) atoms. The lowest BCUT2D eigenvalue weighted by atomic mass is 10.0. The normalized spacial score (nSPS) is 12.0. The van der Waals surface area contributed by atoms with Crippen LogP contribution in [0.1, 0.15) is 13.8 Å². The molecule has 1 aromatic heterocycles. The summed E-state index contributed by atoms with van der Waals surface area (Å²) < 4.78 is 0.975. The summed E-state index contributed by atoms with van der Waals surface area (Å²) >= 11 is 6.05. The molecule has 0 aliphatic carbocycles. The Morgan fingerprint density at radius 2 is 1.96 bits per heavy atom. The van der Waals surface area contributed by atoms with Gasteiger partial charge in [-0.1, -0.05) is 25.4 Å².